The van der Waals surface area contributed by atoms with E-state index in [0.29, 0.717) is 17.4 Å². The lowest BCUT2D eigenvalue weighted by molar-refractivity contribution is -0.870. The van der Waals surface area contributed by atoms with Crippen molar-refractivity contribution >= 4 is 13.7 Å². The zero-order chi connectivity index (χ0) is 56.3. The van der Waals surface area contributed by atoms with E-state index in [4.69, 9.17) is 9.05 Å². The van der Waals surface area contributed by atoms with Crippen molar-refractivity contribution in [2.45, 2.75) is 328 Å². The number of aliphatic hydroxyl groups excluding tert-OH is 1. The van der Waals surface area contributed by atoms with Gasteiger partial charge in [0.1, 0.15) is 13.2 Å². The summed E-state index contributed by atoms with van der Waals surface area (Å²) in [6.45, 7) is 4.65. The number of hydrogen-bond donors (Lipinski definition) is 2. The van der Waals surface area contributed by atoms with Crippen LogP contribution in [0, 0.1) is 0 Å². The Kier molecular flexibility index (Phi) is 57.5. The highest BCUT2D eigenvalue weighted by molar-refractivity contribution is 7.45. The summed E-state index contributed by atoms with van der Waals surface area (Å²) < 4.78 is 23.4. The molecule has 1 amide bonds. The highest BCUT2D eigenvalue weighted by Gasteiger charge is 2.23. The van der Waals surface area contributed by atoms with Gasteiger partial charge in [0.2, 0.25) is 5.91 Å². The molecule has 0 aromatic rings. The molecule has 0 aliphatic carbocycles. The third kappa shape index (κ3) is 61.7. The average Bonchev–Trinajstić information content (AvgIpc) is 3.39. The van der Waals surface area contributed by atoms with Crippen LogP contribution in [-0.2, 0) is 18.4 Å². The molecule has 0 aliphatic heterocycles. The normalized spacial score (nSPS) is 14.1. The van der Waals surface area contributed by atoms with E-state index in [-0.39, 0.29) is 12.5 Å². The first kappa shape index (κ1) is 75.2. The van der Waals surface area contributed by atoms with Crippen LogP contribution in [0.5, 0.6) is 0 Å². The van der Waals surface area contributed by atoms with E-state index in [9.17, 15) is 19.4 Å². The molecular weight excluding hydrogens is 972 g/mol. The smallest absolute Gasteiger partial charge is 0.268 e. The Morgan fingerprint density at radius 3 is 1.13 bits per heavy atom. The molecule has 0 aromatic heterocycles. The van der Waals surface area contributed by atoms with E-state index < -0.39 is 26.6 Å². The molecule has 77 heavy (non-hydrogen) atoms. The van der Waals surface area contributed by atoms with Crippen LogP contribution in [0.2, 0.25) is 0 Å². The molecule has 9 heteroatoms. The van der Waals surface area contributed by atoms with E-state index in [1.807, 2.05) is 27.2 Å². The predicted octanol–water partition coefficient (Wildman–Crippen LogP) is 20.2. The number of aliphatic hydroxyl groups is 1. The van der Waals surface area contributed by atoms with E-state index in [1.165, 1.54) is 244 Å². The molecule has 452 valence electrons. The van der Waals surface area contributed by atoms with Gasteiger partial charge >= 0.3 is 0 Å². The zero-order valence-corrected chi connectivity index (χ0v) is 52.6. The number of nitrogens with one attached hydrogen (secondary N) is 1. The van der Waals surface area contributed by atoms with E-state index >= 15 is 0 Å². The molecule has 8 nitrogen and oxygen atoms in total. The SMILES string of the molecule is CCCCCCC/C=C\C/C=C\CCCCCCCCCCCCCCCCCC(=O)NC(COP(=O)([O-])OCC[N+](C)(C)C)C(O)/C=C/CC/C=C/CC/C=C/CCCCCCCCCCCCCCCCCCCC. The van der Waals surface area contributed by atoms with Gasteiger partial charge in [-0.05, 0) is 77.0 Å². The van der Waals surface area contributed by atoms with Crippen molar-refractivity contribution in [1.82, 2.24) is 5.32 Å². The largest absolute Gasteiger partial charge is 0.756 e. The first-order chi connectivity index (χ1) is 37.5. The van der Waals surface area contributed by atoms with Crippen molar-refractivity contribution < 1.29 is 32.9 Å². The monoisotopic (exact) mass is 1100 g/mol. The highest BCUT2D eigenvalue weighted by Crippen LogP contribution is 2.38. The standard InChI is InChI=1S/C68H129N2O6P/c1-6-8-10-12-14-16-18-20-22-24-26-28-30-32-34-36-37-39-41-43-45-47-49-51-53-55-57-59-61-67(71)66(65-76-77(73,74)75-64-63-70(3,4)5)69-68(72)62-60-58-56-54-52-50-48-46-44-42-40-38-35-33-31-29-27-25-23-21-19-17-15-13-11-9-7-2/h19,21,25,27,43,45,51,53,59,61,66-67,71H,6-18,20,22-24,26,28-42,44,46-50,52,54-58,60,62-65H2,1-5H3,(H-,69,72,73,74)/b21-19-,27-25-,45-43+,53-51+,61-59+. The molecule has 0 saturated heterocycles. The van der Waals surface area contributed by atoms with Gasteiger partial charge in [0.05, 0.1) is 39.9 Å². The summed E-state index contributed by atoms with van der Waals surface area (Å²) in [4.78, 5) is 25.6. The molecule has 0 spiro atoms. The van der Waals surface area contributed by atoms with Gasteiger partial charge in [0.25, 0.3) is 7.82 Å². The minimum atomic E-state index is -4.62. The number of quaternary nitrogens is 1. The summed E-state index contributed by atoms with van der Waals surface area (Å²) in [6.07, 6.45) is 80.5. The van der Waals surface area contributed by atoms with Gasteiger partial charge < -0.3 is 28.8 Å². The number of phosphoric ester groups is 1. The van der Waals surface area contributed by atoms with Gasteiger partial charge in [0, 0.05) is 6.42 Å². The molecule has 3 atom stereocenters. The predicted molar refractivity (Wildman–Crippen MR) is 334 cm³/mol. The van der Waals surface area contributed by atoms with Crippen molar-refractivity contribution in [3.63, 3.8) is 0 Å². The van der Waals surface area contributed by atoms with Gasteiger partial charge in [-0.3, -0.25) is 9.36 Å². The number of amides is 1. The first-order valence-corrected chi connectivity index (χ1v) is 34.6. The number of likely N-dealkylation sites (N-methyl/N-ethyl adjacent to an activating group) is 1. The number of rotatable bonds is 61. The Morgan fingerprint density at radius 2 is 0.766 bits per heavy atom. The summed E-state index contributed by atoms with van der Waals surface area (Å²) in [7, 11) is 1.24. The van der Waals surface area contributed by atoms with Crippen LogP contribution in [0.15, 0.2) is 60.8 Å². The number of hydrogen-bond acceptors (Lipinski definition) is 6. The van der Waals surface area contributed by atoms with Crippen molar-refractivity contribution in [2.75, 3.05) is 40.9 Å². The Labute approximate surface area is 479 Å². The molecule has 0 radical (unpaired) electrons. The number of nitrogens with zero attached hydrogens (tertiary/aromatic N) is 1. The summed E-state index contributed by atoms with van der Waals surface area (Å²) in [6, 6.07) is -0.913. The second kappa shape index (κ2) is 58.8. The third-order valence-electron chi connectivity index (χ3n) is 14.9. The number of allylic oxidation sites excluding steroid dienone is 9. The minimum Gasteiger partial charge on any atom is -0.756 e. The van der Waals surface area contributed by atoms with E-state index in [2.05, 4.69) is 67.8 Å². The number of carbonyl (C=O) groups excluding carboxylic acids is 1. The fraction of sp³-hybridized carbons (Fsp3) is 0.838. The van der Waals surface area contributed by atoms with Crippen molar-refractivity contribution in [2.24, 2.45) is 0 Å². The zero-order valence-electron chi connectivity index (χ0n) is 51.7. The Balaban J connectivity index is 4.18. The van der Waals surface area contributed by atoms with Crippen LogP contribution >= 0.6 is 7.82 Å². The Morgan fingerprint density at radius 1 is 0.455 bits per heavy atom. The van der Waals surface area contributed by atoms with Gasteiger partial charge in [-0.15, -0.1) is 0 Å². The second-order valence-corrected chi connectivity index (χ2v) is 25.2. The van der Waals surface area contributed by atoms with Gasteiger partial charge in [-0.2, -0.15) is 0 Å². The topological polar surface area (TPSA) is 108 Å². The molecule has 0 fully saturated rings. The van der Waals surface area contributed by atoms with Crippen LogP contribution in [0.25, 0.3) is 0 Å². The van der Waals surface area contributed by atoms with Crippen LogP contribution in [-0.4, -0.2) is 68.5 Å². The highest BCUT2D eigenvalue weighted by atomic mass is 31.2. The lowest BCUT2D eigenvalue weighted by Crippen LogP contribution is -2.45. The van der Waals surface area contributed by atoms with Gasteiger partial charge in [-0.1, -0.05) is 293 Å². The molecule has 2 N–H and O–H groups in total. The summed E-state index contributed by atoms with van der Waals surface area (Å²) in [5.74, 6) is -0.209. The van der Waals surface area contributed by atoms with Crippen molar-refractivity contribution in [1.29, 1.82) is 0 Å². The van der Waals surface area contributed by atoms with Crippen LogP contribution in [0.3, 0.4) is 0 Å². The average molecular weight is 1100 g/mol. The van der Waals surface area contributed by atoms with Crippen molar-refractivity contribution in [3.8, 4) is 0 Å². The Hall–Kier alpha value is -1.80. The van der Waals surface area contributed by atoms with Gasteiger partial charge in [0.15, 0.2) is 0 Å². The lowest BCUT2D eigenvalue weighted by Gasteiger charge is -2.29. The molecule has 0 aliphatic rings. The Bertz CT molecular complexity index is 1440. The fourth-order valence-corrected chi connectivity index (χ4v) is 10.5. The minimum absolute atomic E-state index is 0.00969. The number of unbranched alkanes of at least 4 members (excludes halogenated alkanes) is 40. The maximum Gasteiger partial charge on any atom is 0.268 e. The quantitative estimate of drug-likeness (QED) is 0.0272. The van der Waals surface area contributed by atoms with Crippen LogP contribution in [0.4, 0.5) is 0 Å². The lowest BCUT2D eigenvalue weighted by atomic mass is 10.0. The summed E-state index contributed by atoms with van der Waals surface area (Å²) in [5.41, 5.74) is 0. The maximum atomic E-state index is 13.0. The molecule has 0 aromatic carbocycles. The summed E-state index contributed by atoms with van der Waals surface area (Å²) in [5, 5.41) is 13.9. The van der Waals surface area contributed by atoms with Crippen LogP contribution in [0.1, 0.15) is 316 Å². The number of carbonyl (C=O) groups is 1. The van der Waals surface area contributed by atoms with E-state index in [0.717, 1.165) is 51.4 Å². The molecule has 3 unspecified atom stereocenters. The molecule has 0 heterocycles. The third-order valence-corrected chi connectivity index (χ3v) is 15.9. The maximum absolute atomic E-state index is 13.0. The van der Waals surface area contributed by atoms with Crippen LogP contribution < -0.4 is 10.2 Å². The molecular formula is C68H129N2O6P. The fourth-order valence-electron chi connectivity index (χ4n) is 9.75. The number of phosphoric acid groups is 1. The van der Waals surface area contributed by atoms with Crippen molar-refractivity contribution in [3.05, 3.63) is 60.8 Å². The summed E-state index contributed by atoms with van der Waals surface area (Å²) >= 11 is 0. The first-order valence-electron chi connectivity index (χ1n) is 33.2. The second-order valence-electron chi connectivity index (χ2n) is 23.8. The molecule has 0 saturated carbocycles. The van der Waals surface area contributed by atoms with Gasteiger partial charge in [-0.25, -0.2) is 0 Å². The molecule has 0 bridgehead atoms. The van der Waals surface area contributed by atoms with E-state index in [1.54, 1.807) is 6.08 Å². The molecule has 0 rings (SSSR count).